The van der Waals surface area contributed by atoms with Gasteiger partial charge in [-0.1, -0.05) is 11.8 Å². The first-order chi connectivity index (χ1) is 10.1. The van der Waals surface area contributed by atoms with Gasteiger partial charge in [0.2, 0.25) is 0 Å². The summed E-state index contributed by atoms with van der Waals surface area (Å²) in [5.41, 5.74) is 1.59. The molecule has 3 rings (SSSR count). The monoisotopic (exact) mass is 307 g/mol. The van der Waals surface area contributed by atoms with E-state index in [1.807, 2.05) is 12.1 Å². The number of thioether (sulfide) groups is 1. The number of pyridine rings is 1. The minimum Gasteiger partial charge on any atom is -0.481 e. The zero-order valence-electron chi connectivity index (χ0n) is 11.5. The molecule has 2 heterocycles. The second-order valence-electron chi connectivity index (χ2n) is 5.26. The van der Waals surface area contributed by atoms with Crippen LogP contribution >= 0.6 is 11.8 Å². The normalized spacial score (nSPS) is 22.5. The van der Waals surface area contributed by atoms with Gasteiger partial charge < -0.3 is 14.8 Å². The number of hydrogen-bond donors (Lipinski definition) is 2. The van der Waals surface area contributed by atoms with E-state index in [0.717, 1.165) is 36.8 Å². The van der Waals surface area contributed by atoms with Crippen LogP contribution in [0.5, 0.6) is 0 Å². The maximum absolute atomic E-state index is 10.8. The summed E-state index contributed by atoms with van der Waals surface area (Å²) in [6.07, 6.45) is 4.76. The molecule has 112 valence electrons. The van der Waals surface area contributed by atoms with Crippen LogP contribution in [-0.2, 0) is 4.79 Å². The van der Waals surface area contributed by atoms with E-state index in [0.29, 0.717) is 5.16 Å². The summed E-state index contributed by atoms with van der Waals surface area (Å²) in [5.74, 6) is -0.871. The van der Waals surface area contributed by atoms with Crippen molar-refractivity contribution in [2.24, 2.45) is 0 Å². The third-order valence-corrected chi connectivity index (χ3v) is 4.71. The molecule has 21 heavy (non-hydrogen) atoms. The number of carbonyl (C=O) groups is 1. The molecule has 0 bridgehead atoms. The minimum absolute atomic E-state index is 0.0152. The van der Waals surface area contributed by atoms with E-state index in [1.54, 1.807) is 6.20 Å². The number of hydrogen-bond acceptors (Lipinski definition) is 5. The van der Waals surface area contributed by atoms with E-state index >= 15 is 0 Å². The van der Waals surface area contributed by atoms with Crippen molar-refractivity contribution in [3.05, 3.63) is 18.3 Å². The highest BCUT2D eigenvalue weighted by atomic mass is 32.2. The number of rotatable bonds is 4. The molecule has 0 amide bonds. The second-order valence-corrected chi connectivity index (χ2v) is 6.20. The fourth-order valence-corrected chi connectivity index (χ4v) is 3.57. The van der Waals surface area contributed by atoms with Crippen LogP contribution in [0.2, 0.25) is 0 Å². The van der Waals surface area contributed by atoms with Crippen molar-refractivity contribution in [3.63, 3.8) is 0 Å². The van der Waals surface area contributed by atoms with Gasteiger partial charge in [-0.3, -0.25) is 4.79 Å². The van der Waals surface area contributed by atoms with Crippen molar-refractivity contribution in [1.29, 1.82) is 0 Å². The summed E-state index contributed by atoms with van der Waals surface area (Å²) in [7, 11) is 0. The Morgan fingerprint density at radius 3 is 2.86 bits per heavy atom. The number of aromatic nitrogens is 3. The molecule has 0 spiro atoms. The first-order valence-electron chi connectivity index (χ1n) is 7.01. The highest BCUT2D eigenvalue weighted by Crippen LogP contribution is 2.34. The lowest BCUT2D eigenvalue weighted by molar-refractivity contribution is -0.133. The van der Waals surface area contributed by atoms with Gasteiger partial charge >= 0.3 is 5.97 Å². The molecule has 0 saturated heterocycles. The summed E-state index contributed by atoms with van der Waals surface area (Å²) in [5, 5.41) is 19.2. The van der Waals surface area contributed by atoms with Gasteiger partial charge in [0.25, 0.3) is 0 Å². The van der Waals surface area contributed by atoms with E-state index < -0.39 is 5.97 Å². The Hall–Kier alpha value is -1.60. The van der Waals surface area contributed by atoms with Gasteiger partial charge in [-0.25, -0.2) is 9.97 Å². The number of carboxylic acids is 1. The molecule has 2 aromatic heterocycles. The number of aliphatic hydroxyl groups is 1. The molecular formula is C14H17N3O3S. The van der Waals surface area contributed by atoms with Crippen LogP contribution in [0.4, 0.5) is 0 Å². The van der Waals surface area contributed by atoms with Crippen LogP contribution in [0.25, 0.3) is 11.2 Å². The van der Waals surface area contributed by atoms with E-state index in [9.17, 15) is 9.90 Å². The average molecular weight is 307 g/mol. The summed E-state index contributed by atoms with van der Waals surface area (Å²) in [6, 6.07) is 3.95. The van der Waals surface area contributed by atoms with Crippen molar-refractivity contribution < 1.29 is 15.0 Å². The second kappa shape index (κ2) is 6.03. The minimum atomic E-state index is -0.856. The van der Waals surface area contributed by atoms with Crippen molar-refractivity contribution in [3.8, 4) is 0 Å². The number of nitrogens with zero attached hydrogens (tertiary/aromatic N) is 3. The van der Waals surface area contributed by atoms with Gasteiger partial charge in [0.05, 0.1) is 11.9 Å². The molecule has 1 fully saturated rings. The first-order valence-corrected chi connectivity index (χ1v) is 7.99. The van der Waals surface area contributed by atoms with Crippen LogP contribution in [0.3, 0.4) is 0 Å². The number of aliphatic hydroxyl groups excluding tert-OH is 1. The van der Waals surface area contributed by atoms with E-state index in [4.69, 9.17) is 5.11 Å². The number of aliphatic carboxylic acids is 1. The Kier molecular flexibility index (Phi) is 4.12. The first kappa shape index (κ1) is 14.3. The van der Waals surface area contributed by atoms with E-state index in [2.05, 4.69) is 14.5 Å². The molecule has 1 aliphatic rings. The maximum atomic E-state index is 10.8. The Labute approximate surface area is 126 Å². The highest BCUT2D eigenvalue weighted by molar-refractivity contribution is 7.99. The van der Waals surface area contributed by atoms with Gasteiger partial charge in [0, 0.05) is 12.2 Å². The van der Waals surface area contributed by atoms with E-state index in [1.165, 1.54) is 11.8 Å². The van der Waals surface area contributed by atoms with Crippen LogP contribution in [0.1, 0.15) is 31.7 Å². The van der Waals surface area contributed by atoms with E-state index in [-0.39, 0.29) is 17.9 Å². The zero-order chi connectivity index (χ0) is 14.8. The quantitative estimate of drug-likeness (QED) is 0.841. The molecule has 2 aromatic rings. The fraction of sp³-hybridized carbons (Fsp3) is 0.500. The molecule has 0 aliphatic heterocycles. The topological polar surface area (TPSA) is 88.2 Å². The molecule has 0 aromatic carbocycles. The fourth-order valence-electron chi connectivity index (χ4n) is 2.78. The van der Waals surface area contributed by atoms with Crippen LogP contribution in [-0.4, -0.2) is 42.6 Å². The Morgan fingerprint density at radius 2 is 2.14 bits per heavy atom. The standard InChI is InChI=1S/C14H17N3O3S/c18-10-5-3-9(4-6-10)17-13-11(2-1-7-15-13)16-14(17)21-8-12(19)20/h1-2,7,9-10,18H,3-6,8H2,(H,19,20). The molecule has 7 heteroatoms. The Bertz CT molecular complexity index is 650. The SMILES string of the molecule is O=C(O)CSc1nc2cccnc2n1C1CCC(O)CC1. The van der Waals surface area contributed by atoms with Gasteiger partial charge in [-0.05, 0) is 37.8 Å². The van der Waals surface area contributed by atoms with Crippen LogP contribution in [0.15, 0.2) is 23.5 Å². The van der Waals surface area contributed by atoms with Crippen molar-refractivity contribution in [2.75, 3.05) is 5.75 Å². The third kappa shape index (κ3) is 3.03. The molecule has 0 unspecified atom stereocenters. The van der Waals surface area contributed by atoms with Crippen molar-refractivity contribution in [1.82, 2.24) is 14.5 Å². The lowest BCUT2D eigenvalue weighted by Crippen LogP contribution is -2.21. The van der Waals surface area contributed by atoms with Crippen molar-refractivity contribution in [2.45, 2.75) is 43.0 Å². The molecular weight excluding hydrogens is 290 g/mol. The number of imidazole rings is 1. The third-order valence-electron chi connectivity index (χ3n) is 3.77. The molecule has 1 aliphatic carbocycles. The lowest BCUT2D eigenvalue weighted by atomic mass is 9.93. The van der Waals surface area contributed by atoms with Crippen LogP contribution < -0.4 is 0 Å². The summed E-state index contributed by atoms with van der Waals surface area (Å²) in [6.45, 7) is 0. The lowest BCUT2D eigenvalue weighted by Gasteiger charge is -2.27. The Balaban J connectivity index is 1.96. The average Bonchev–Trinajstić information content (AvgIpc) is 2.84. The number of fused-ring (bicyclic) bond motifs is 1. The van der Waals surface area contributed by atoms with Crippen molar-refractivity contribution >= 4 is 28.9 Å². The van der Waals surface area contributed by atoms with Gasteiger partial charge in [-0.2, -0.15) is 0 Å². The smallest absolute Gasteiger partial charge is 0.313 e. The molecule has 0 atom stereocenters. The molecule has 1 saturated carbocycles. The highest BCUT2D eigenvalue weighted by Gasteiger charge is 2.25. The molecule has 0 radical (unpaired) electrons. The summed E-state index contributed by atoms with van der Waals surface area (Å²) >= 11 is 1.23. The largest absolute Gasteiger partial charge is 0.481 e. The zero-order valence-corrected chi connectivity index (χ0v) is 12.3. The summed E-state index contributed by atoms with van der Waals surface area (Å²) < 4.78 is 2.05. The van der Waals surface area contributed by atoms with Gasteiger partial charge in [0.15, 0.2) is 10.8 Å². The predicted octanol–water partition coefficient (Wildman–Crippen LogP) is 2.08. The Morgan fingerprint density at radius 1 is 1.38 bits per heavy atom. The van der Waals surface area contributed by atoms with Gasteiger partial charge in [0.1, 0.15) is 5.52 Å². The number of carboxylic acid groups (broad SMARTS) is 1. The predicted molar refractivity (Wildman–Crippen MR) is 79.4 cm³/mol. The molecule has 6 nitrogen and oxygen atoms in total. The maximum Gasteiger partial charge on any atom is 0.313 e. The van der Waals surface area contributed by atoms with Gasteiger partial charge in [-0.15, -0.1) is 0 Å². The van der Waals surface area contributed by atoms with Crippen LogP contribution in [0, 0.1) is 0 Å². The molecule has 2 N–H and O–H groups in total. The summed E-state index contributed by atoms with van der Waals surface area (Å²) in [4.78, 5) is 19.7.